The van der Waals surface area contributed by atoms with Gasteiger partial charge in [-0.3, -0.25) is 4.79 Å². The molecule has 0 bridgehead atoms. The molecule has 1 amide bonds. The number of aryl methyl sites for hydroxylation is 1. The van der Waals surface area contributed by atoms with E-state index < -0.39 is 16.1 Å². The summed E-state index contributed by atoms with van der Waals surface area (Å²) in [4.78, 5) is 14.7. The number of amides is 1. The summed E-state index contributed by atoms with van der Waals surface area (Å²) >= 11 is 0. The van der Waals surface area contributed by atoms with E-state index in [0.29, 0.717) is 24.8 Å². The molecule has 2 aromatic carbocycles. The molecule has 3 heterocycles. The zero-order chi connectivity index (χ0) is 28.0. The molecule has 2 aliphatic rings. The smallest absolute Gasteiger partial charge is 0.303 e. The second-order valence-electron chi connectivity index (χ2n) is 10.7. The van der Waals surface area contributed by atoms with Gasteiger partial charge in [-0.2, -0.15) is 17.5 Å². The Balaban J connectivity index is 1.58. The van der Waals surface area contributed by atoms with Crippen LogP contribution in [-0.2, 0) is 23.3 Å². The monoisotopic (exact) mass is 559 g/mol. The fourth-order valence-corrected chi connectivity index (χ4v) is 6.46. The zero-order valence-electron chi connectivity index (χ0n) is 23.0. The van der Waals surface area contributed by atoms with E-state index in [9.17, 15) is 13.2 Å². The van der Waals surface area contributed by atoms with Crippen molar-refractivity contribution in [2.24, 2.45) is 0 Å². The molecular formula is C29H33N7O3S. The molecule has 0 unspecified atom stereocenters. The van der Waals surface area contributed by atoms with Gasteiger partial charge in [0.1, 0.15) is 0 Å². The van der Waals surface area contributed by atoms with Gasteiger partial charge in [0.15, 0.2) is 0 Å². The van der Waals surface area contributed by atoms with Crippen molar-refractivity contribution in [1.82, 2.24) is 33.8 Å². The number of carbonyl (C=O) groups is 1. The number of rotatable bonds is 6. The number of hydrogen-bond donors (Lipinski definition) is 1. The SMILES string of the molecule is CCn1nnc(C2=Cc3ccccc3-c3c(C4CCCCC4)c4ccc(C(=O)NS(=O)(=O)N(C)C)cc4n3C2)n1. The lowest BCUT2D eigenvalue weighted by Crippen LogP contribution is -2.39. The summed E-state index contributed by atoms with van der Waals surface area (Å²) in [7, 11) is -1.16. The highest BCUT2D eigenvalue weighted by Gasteiger charge is 2.30. The quantitative estimate of drug-likeness (QED) is 0.373. The lowest BCUT2D eigenvalue weighted by molar-refractivity contribution is 0.0980. The highest BCUT2D eigenvalue weighted by molar-refractivity contribution is 7.87. The van der Waals surface area contributed by atoms with Crippen molar-refractivity contribution in [1.29, 1.82) is 0 Å². The standard InChI is InChI=1S/C29H33N7O3S/c1-4-36-31-28(30-33-36)22-16-20-12-8-9-13-23(20)27-26(19-10-6-5-7-11-19)24-15-14-21(17-25(24)35(27)18-22)29(37)32-40(38,39)34(2)3/h8-9,12-17,19H,4-7,10-11,18H2,1-3H3,(H,32,37). The van der Waals surface area contributed by atoms with E-state index in [0.717, 1.165) is 50.4 Å². The van der Waals surface area contributed by atoms with Crippen LogP contribution in [0.1, 0.15) is 72.3 Å². The first-order chi connectivity index (χ1) is 19.3. The average molecular weight is 560 g/mol. The molecule has 1 fully saturated rings. The summed E-state index contributed by atoms with van der Waals surface area (Å²) in [6.45, 7) is 3.08. The Morgan fingerprint density at radius 2 is 1.88 bits per heavy atom. The fourth-order valence-electron chi connectivity index (χ4n) is 5.93. The third-order valence-electron chi connectivity index (χ3n) is 7.98. The van der Waals surface area contributed by atoms with E-state index in [1.165, 1.54) is 38.9 Å². The second kappa shape index (κ2) is 10.3. The average Bonchev–Trinajstić information content (AvgIpc) is 3.51. The van der Waals surface area contributed by atoms with Crippen molar-refractivity contribution in [3.05, 3.63) is 65.0 Å². The number of nitrogens with one attached hydrogen (secondary N) is 1. The first kappa shape index (κ1) is 26.4. The summed E-state index contributed by atoms with van der Waals surface area (Å²) in [6.07, 6.45) is 7.99. The molecule has 208 valence electrons. The Labute approximate surface area is 233 Å². The molecule has 11 heteroatoms. The van der Waals surface area contributed by atoms with Crippen LogP contribution in [0, 0.1) is 0 Å². The fraction of sp³-hybridized carbons (Fsp3) is 0.379. The number of aromatic nitrogens is 5. The van der Waals surface area contributed by atoms with Crippen molar-refractivity contribution < 1.29 is 13.2 Å². The van der Waals surface area contributed by atoms with Crippen LogP contribution in [-0.4, -0.2) is 57.5 Å². The summed E-state index contributed by atoms with van der Waals surface area (Å²) < 4.78 is 30.2. The van der Waals surface area contributed by atoms with Crippen LogP contribution in [0.15, 0.2) is 42.5 Å². The van der Waals surface area contributed by atoms with Crippen molar-refractivity contribution >= 4 is 38.7 Å². The predicted octanol–water partition coefficient (Wildman–Crippen LogP) is 4.45. The minimum atomic E-state index is -3.93. The van der Waals surface area contributed by atoms with Gasteiger partial charge < -0.3 is 4.57 Å². The highest BCUT2D eigenvalue weighted by Crippen LogP contribution is 2.47. The Morgan fingerprint density at radius 1 is 1.10 bits per heavy atom. The van der Waals surface area contributed by atoms with Gasteiger partial charge in [-0.05, 0) is 60.2 Å². The second-order valence-corrected chi connectivity index (χ2v) is 12.6. The van der Waals surface area contributed by atoms with E-state index in [1.54, 1.807) is 10.9 Å². The number of tetrazole rings is 1. The maximum Gasteiger partial charge on any atom is 0.303 e. The van der Waals surface area contributed by atoms with E-state index in [4.69, 9.17) is 0 Å². The van der Waals surface area contributed by atoms with E-state index in [1.807, 2.05) is 25.1 Å². The Hall–Kier alpha value is -3.83. The van der Waals surface area contributed by atoms with Crippen molar-refractivity contribution in [3.8, 4) is 11.3 Å². The summed E-state index contributed by atoms with van der Waals surface area (Å²) in [5, 5.41) is 14.2. The minimum absolute atomic E-state index is 0.284. The normalized spacial score (nSPS) is 15.9. The van der Waals surface area contributed by atoms with Crippen LogP contribution in [0.2, 0.25) is 0 Å². The van der Waals surface area contributed by atoms with Crippen LogP contribution in [0.3, 0.4) is 0 Å². The number of fused-ring (bicyclic) bond motifs is 5. The molecule has 40 heavy (non-hydrogen) atoms. The van der Waals surface area contributed by atoms with Gasteiger partial charge in [0.2, 0.25) is 5.82 Å². The molecule has 1 aliphatic carbocycles. The number of nitrogens with zero attached hydrogens (tertiary/aromatic N) is 6. The largest absolute Gasteiger partial charge is 0.336 e. The molecule has 4 aromatic rings. The Kier molecular flexibility index (Phi) is 6.79. The molecule has 0 atom stereocenters. The van der Waals surface area contributed by atoms with Gasteiger partial charge in [0.05, 0.1) is 18.8 Å². The first-order valence-corrected chi connectivity index (χ1v) is 15.2. The van der Waals surface area contributed by atoms with Gasteiger partial charge in [-0.1, -0.05) is 49.6 Å². The Bertz CT molecular complexity index is 1740. The van der Waals surface area contributed by atoms with Crippen molar-refractivity contribution in [2.75, 3.05) is 14.1 Å². The lowest BCUT2D eigenvalue weighted by atomic mass is 9.81. The first-order valence-electron chi connectivity index (χ1n) is 13.8. The van der Waals surface area contributed by atoms with E-state index in [2.05, 4.69) is 49.0 Å². The molecule has 10 nitrogen and oxygen atoms in total. The van der Waals surface area contributed by atoms with Crippen LogP contribution in [0.4, 0.5) is 0 Å². The number of allylic oxidation sites excluding steroid dienone is 1. The maximum absolute atomic E-state index is 13.1. The minimum Gasteiger partial charge on any atom is -0.336 e. The molecule has 2 aromatic heterocycles. The molecule has 6 rings (SSSR count). The summed E-state index contributed by atoms with van der Waals surface area (Å²) in [5.74, 6) is 0.300. The molecule has 1 N–H and O–H groups in total. The van der Waals surface area contributed by atoms with Gasteiger partial charge in [-0.25, -0.2) is 4.72 Å². The van der Waals surface area contributed by atoms with Gasteiger partial charge >= 0.3 is 10.2 Å². The van der Waals surface area contributed by atoms with Crippen LogP contribution >= 0.6 is 0 Å². The van der Waals surface area contributed by atoms with Gasteiger partial charge in [0, 0.05) is 41.7 Å². The van der Waals surface area contributed by atoms with E-state index >= 15 is 0 Å². The number of carbonyl (C=O) groups excluding carboxylic acids is 1. The third-order valence-corrected chi connectivity index (χ3v) is 9.38. The number of benzene rings is 2. The zero-order valence-corrected chi connectivity index (χ0v) is 23.8. The predicted molar refractivity (Wildman–Crippen MR) is 155 cm³/mol. The third kappa shape index (κ3) is 4.62. The maximum atomic E-state index is 13.1. The van der Waals surface area contributed by atoms with Crippen LogP contribution < -0.4 is 4.72 Å². The number of hydrogen-bond acceptors (Lipinski definition) is 6. The topological polar surface area (TPSA) is 115 Å². The van der Waals surface area contributed by atoms with Crippen molar-refractivity contribution in [2.45, 2.75) is 58.0 Å². The van der Waals surface area contributed by atoms with Crippen LogP contribution in [0.25, 0.3) is 33.8 Å². The van der Waals surface area contributed by atoms with Crippen LogP contribution in [0.5, 0.6) is 0 Å². The molecule has 1 aliphatic heterocycles. The van der Waals surface area contributed by atoms with Gasteiger partial charge in [-0.15, -0.1) is 10.2 Å². The molecule has 0 saturated heterocycles. The summed E-state index contributed by atoms with van der Waals surface area (Å²) in [6, 6.07) is 13.9. The molecule has 0 spiro atoms. The van der Waals surface area contributed by atoms with Gasteiger partial charge in [0.25, 0.3) is 5.91 Å². The Morgan fingerprint density at radius 3 is 2.60 bits per heavy atom. The lowest BCUT2D eigenvalue weighted by Gasteiger charge is -2.24. The summed E-state index contributed by atoms with van der Waals surface area (Å²) in [5.41, 5.74) is 6.74. The molecule has 1 saturated carbocycles. The highest BCUT2D eigenvalue weighted by atomic mass is 32.2. The molecular weight excluding hydrogens is 526 g/mol. The van der Waals surface area contributed by atoms with E-state index in [-0.39, 0.29) is 5.56 Å². The molecule has 0 radical (unpaired) electrons. The van der Waals surface area contributed by atoms with Crippen molar-refractivity contribution in [3.63, 3.8) is 0 Å².